The number of hydrogen-bond donors (Lipinski definition) is 1. The molecule has 156 valence electrons. The van der Waals surface area contributed by atoms with Crippen LogP contribution >= 0.6 is 11.3 Å². The molecule has 2 aromatic rings. The van der Waals surface area contributed by atoms with E-state index in [-0.39, 0.29) is 22.8 Å². The summed E-state index contributed by atoms with van der Waals surface area (Å²) in [6.45, 7) is 2.72. The van der Waals surface area contributed by atoms with E-state index < -0.39 is 5.60 Å². The summed E-state index contributed by atoms with van der Waals surface area (Å²) in [5, 5.41) is 2.57. The Labute approximate surface area is 173 Å². The Bertz CT molecular complexity index is 877. The lowest BCUT2D eigenvalue weighted by molar-refractivity contribution is -0.126. The smallest absolute Gasteiger partial charge is 0.224 e. The molecule has 29 heavy (non-hydrogen) atoms. The number of rotatable bonds is 5. The Balaban J connectivity index is 1.43. The second kappa shape index (κ2) is 8.50. The fourth-order valence-electron chi connectivity index (χ4n) is 4.54. The molecule has 0 saturated carbocycles. The molecule has 0 aliphatic carbocycles. The third-order valence-corrected chi connectivity index (χ3v) is 7.28. The van der Waals surface area contributed by atoms with E-state index >= 15 is 0 Å². The van der Waals surface area contributed by atoms with Gasteiger partial charge in [-0.2, -0.15) is 4.39 Å². The van der Waals surface area contributed by atoms with E-state index in [1.807, 2.05) is 0 Å². The van der Waals surface area contributed by atoms with Crippen LogP contribution in [0.1, 0.15) is 28.8 Å². The van der Waals surface area contributed by atoms with Gasteiger partial charge in [-0.05, 0) is 48.9 Å². The number of benzene rings is 1. The van der Waals surface area contributed by atoms with Crippen LogP contribution in [0.5, 0.6) is 0 Å². The SMILES string of the molecule is [11CH3]NC(=O)[C@@H](Cc1ccccc1F)CN1CCC2(CC1)OCCc1cc(F)sc12. The van der Waals surface area contributed by atoms with Crippen LogP contribution in [0.3, 0.4) is 0 Å². The summed E-state index contributed by atoms with van der Waals surface area (Å²) in [5.74, 6) is -0.681. The molecule has 1 fully saturated rings. The lowest BCUT2D eigenvalue weighted by atomic mass is 9.85. The third-order valence-electron chi connectivity index (χ3n) is 6.13. The molecule has 1 amide bonds. The van der Waals surface area contributed by atoms with E-state index in [0.717, 1.165) is 42.8 Å². The number of amides is 1. The van der Waals surface area contributed by atoms with E-state index in [9.17, 15) is 13.6 Å². The van der Waals surface area contributed by atoms with E-state index in [1.165, 1.54) is 17.4 Å². The Morgan fingerprint density at radius 3 is 2.79 bits per heavy atom. The maximum Gasteiger partial charge on any atom is 0.224 e. The Hall–Kier alpha value is -1.83. The molecule has 1 saturated heterocycles. The van der Waals surface area contributed by atoms with Gasteiger partial charge in [0.1, 0.15) is 11.4 Å². The highest BCUT2D eigenvalue weighted by atomic mass is 32.1. The Kier molecular flexibility index (Phi) is 5.99. The standard InChI is InChI=1S/C22H26F2N2O2S/c1-25-21(27)17(12-15-4-2-3-5-18(15)23)14-26-9-7-22(8-10-26)20-16(6-11-28-22)13-19(24)29-20/h2-5,13,17H,6-12,14H2,1H3,(H,25,27)/t17-/m0/s1/i1-1. The highest BCUT2D eigenvalue weighted by Gasteiger charge is 2.43. The first kappa shape index (κ1) is 20.4. The highest BCUT2D eigenvalue weighted by Crippen LogP contribution is 2.45. The topological polar surface area (TPSA) is 41.6 Å². The first-order valence-electron chi connectivity index (χ1n) is 10.1. The van der Waals surface area contributed by atoms with Gasteiger partial charge >= 0.3 is 0 Å². The van der Waals surface area contributed by atoms with Crippen LogP contribution in [0.15, 0.2) is 30.3 Å². The van der Waals surface area contributed by atoms with Crippen LogP contribution < -0.4 is 5.32 Å². The summed E-state index contributed by atoms with van der Waals surface area (Å²) >= 11 is 1.21. The van der Waals surface area contributed by atoms with Crippen molar-refractivity contribution in [2.45, 2.75) is 31.3 Å². The molecule has 0 bridgehead atoms. The summed E-state index contributed by atoms with van der Waals surface area (Å²) in [6.07, 6.45) is 2.69. The highest BCUT2D eigenvalue weighted by molar-refractivity contribution is 7.10. The summed E-state index contributed by atoms with van der Waals surface area (Å²) in [7, 11) is 1.62. The molecule has 1 atom stereocenters. The van der Waals surface area contributed by atoms with Gasteiger partial charge in [0.2, 0.25) is 5.91 Å². The van der Waals surface area contributed by atoms with E-state index in [2.05, 4.69) is 10.2 Å². The van der Waals surface area contributed by atoms with Crippen molar-refractivity contribution in [1.29, 1.82) is 0 Å². The van der Waals surface area contributed by atoms with Crippen LogP contribution in [0, 0.1) is 16.9 Å². The summed E-state index contributed by atoms with van der Waals surface area (Å²) in [4.78, 5) is 15.7. The molecule has 2 aliphatic heterocycles. The zero-order chi connectivity index (χ0) is 20.4. The lowest BCUT2D eigenvalue weighted by Crippen LogP contribution is -2.48. The molecule has 4 nitrogen and oxygen atoms in total. The van der Waals surface area contributed by atoms with Gasteiger partial charge in [-0.25, -0.2) is 4.39 Å². The molecule has 4 rings (SSSR count). The van der Waals surface area contributed by atoms with Gasteiger partial charge in [0.15, 0.2) is 5.13 Å². The number of likely N-dealkylation sites (tertiary alicyclic amines) is 1. The largest absolute Gasteiger partial charge is 0.369 e. The molecular formula is C22H26F2N2O2S. The van der Waals surface area contributed by atoms with E-state index in [1.54, 1.807) is 31.3 Å². The van der Waals surface area contributed by atoms with Crippen molar-refractivity contribution in [2.24, 2.45) is 5.92 Å². The van der Waals surface area contributed by atoms with Gasteiger partial charge in [0.05, 0.1) is 12.5 Å². The number of carbonyl (C=O) groups is 1. The third kappa shape index (κ3) is 4.22. The van der Waals surface area contributed by atoms with E-state index in [4.69, 9.17) is 4.74 Å². The van der Waals surface area contributed by atoms with Gasteiger partial charge in [0, 0.05) is 31.6 Å². The number of hydrogen-bond acceptors (Lipinski definition) is 4. The Morgan fingerprint density at radius 1 is 1.31 bits per heavy atom. The van der Waals surface area contributed by atoms with Crippen LogP contribution in [0.25, 0.3) is 0 Å². The van der Waals surface area contributed by atoms with Crippen LogP contribution in [0.4, 0.5) is 8.78 Å². The lowest BCUT2D eigenvalue weighted by Gasteiger charge is -2.44. The van der Waals surface area contributed by atoms with Crippen molar-refractivity contribution in [3.05, 3.63) is 57.3 Å². The molecule has 1 aromatic heterocycles. The fourth-order valence-corrected chi connectivity index (χ4v) is 5.68. The van der Waals surface area contributed by atoms with Crippen molar-refractivity contribution in [3.8, 4) is 0 Å². The predicted octanol–water partition coefficient (Wildman–Crippen LogP) is 3.50. The zero-order valence-corrected chi connectivity index (χ0v) is 17.4. The number of fused-ring (bicyclic) bond motifs is 2. The van der Waals surface area contributed by atoms with Crippen LogP contribution in [0.2, 0.25) is 0 Å². The molecule has 1 N–H and O–H groups in total. The molecule has 3 heterocycles. The maximum absolute atomic E-state index is 14.1. The molecule has 1 spiro atoms. The van der Waals surface area contributed by atoms with Gasteiger partial charge < -0.3 is 15.0 Å². The number of halogens is 2. The van der Waals surface area contributed by atoms with Crippen molar-refractivity contribution >= 4 is 17.2 Å². The molecular weight excluding hydrogens is 393 g/mol. The molecule has 7 heteroatoms. The summed E-state index contributed by atoms with van der Waals surface area (Å²) in [5.41, 5.74) is 1.24. The monoisotopic (exact) mass is 419 g/mol. The second-order valence-electron chi connectivity index (χ2n) is 7.90. The minimum Gasteiger partial charge on any atom is -0.369 e. The fraction of sp³-hybridized carbons (Fsp3) is 0.500. The normalized spacial score (nSPS) is 19.7. The first-order valence-corrected chi connectivity index (χ1v) is 10.9. The average molecular weight is 420 g/mol. The van der Waals surface area contributed by atoms with Gasteiger partial charge in [0.25, 0.3) is 0 Å². The number of ether oxygens (including phenoxy) is 1. The first-order chi connectivity index (χ1) is 14.0. The van der Waals surface area contributed by atoms with Gasteiger partial charge in [-0.3, -0.25) is 4.79 Å². The number of nitrogens with zero attached hydrogens (tertiary/aromatic N) is 1. The maximum atomic E-state index is 14.1. The van der Waals surface area contributed by atoms with Crippen molar-refractivity contribution < 1.29 is 18.3 Å². The number of carbonyl (C=O) groups excluding carboxylic acids is 1. The number of thiophene rings is 1. The molecule has 1 aromatic carbocycles. The molecule has 2 aliphatic rings. The summed E-state index contributed by atoms with van der Waals surface area (Å²) in [6, 6.07) is 8.26. The van der Waals surface area contributed by atoms with E-state index in [0.29, 0.717) is 25.1 Å². The van der Waals surface area contributed by atoms with Crippen LogP contribution in [-0.2, 0) is 28.0 Å². The zero-order valence-electron chi connectivity index (χ0n) is 16.5. The predicted molar refractivity (Wildman–Crippen MR) is 109 cm³/mol. The van der Waals surface area contributed by atoms with Crippen molar-refractivity contribution in [1.82, 2.24) is 10.2 Å². The van der Waals surface area contributed by atoms with Crippen molar-refractivity contribution in [2.75, 3.05) is 33.3 Å². The molecule has 0 radical (unpaired) electrons. The molecule has 0 unspecified atom stereocenters. The minimum absolute atomic E-state index is 0.0786. The quantitative estimate of drug-likeness (QED) is 0.807. The summed E-state index contributed by atoms with van der Waals surface area (Å²) < 4.78 is 34.1. The minimum atomic E-state index is -0.396. The second-order valence-corrected chi connectivity index (χ2v) is 8.91. The average Bonchev–Trinajstić information content (AvgIpc) is 3.12. The van der Waals surface area contributed by atoms with Crippen LogP contribution in [-0.4, -0.2) is 44.1 Å². The van der Waals surface area contributed by atoms with Gasteiger partial charge in [-0.1, -0.05) is 18.2 Å². The number of nitrogens with one attached hydrogen (secondary N) is 1. The Morgan fingerprint density at radius 2 is 2.07 bits per heavy atom. The van der Waals surface area contributed by atoms with Gasteiger partial charge in [-0.15, -0.1) is 11.3 Å². The van der Waals surface area contributed by atoms with Crippen molar-refractivity contribution in [3.63, 3.8) is 0 Å². The number of piperidine rings is 1.